The molecule has 9 heteroatoms. The highest BCUT2D eigenvalue weighted by atomic mass is 35.5. The van der Waals surface area contributed by atoms with Gasteiger partial charge in [0.05, 0.1) is 47.1 Å². The summed E-state index contributed by atoms with van der Waals surface area (Å²) >= 11 is 5.88. The normalized spacial score (nSPS) is 17.3. The van der Waals surface area contributed by atoms with E-state index < -0.39 is 16.0 Å². The molecule has 0 N–H and O–H groups in total. The summed E-state index contributed by atoms with van der Waals surface area (Å²) in [4.78, 5) is 1.82. The molecule has 0 saturated carbocycles. The lowest BCUT2D eigenvalue weighted by Gasteiger charge is -2.60. The van der Waals surface area contributed by atoms with Gasteiger partial charge < -0.3 is 9.64 Å². The molecule has 1 aliphatic rings. The van der Waals surface area contributed by atoms with Crippen LogP contribution in [0.1, 0.15) is 31.2 Å². The Labute approximate surface area is 171 Å². The van der Waals surface area contributed by atoms with Gasteiger partial charge in [-0.25, -0.2) is 0 Å². The van der Waals surface area contributed by atoms with Crippen molar-refractivity contribution in [1.82, 2.24) is 4.90 Å². The van der Waals surface area contributed by atoms with Gasteiger partial charge in [-0.1, -0.05) is 40.7 Å². The van der Waals surface area contributed by atoms with Gasteiger partial charge in [-0.05, 0) is 61.9 Å². The van der Waals surface area contributed by atoms with Crippen LogP contribution in [0.3, 0.4) is 0 Å². The Hall–Kier alpha value is -0.180. The monoisotopic (exact) mass is 355 g/mol. The van der Waals surface area contributed by atoms with Crippen molar-refractivity contribution in [3.05, 3.63) is 34.9 Å². The van der Waals surface area contributed by atoms with E-state index in [0.717, 1.165) is 31.2 Å². The van der Waals surface area contributed by atoms with Crippen LogP contribution in [0.4, 0.5) is 0 Å². The van der Waals surface area contributed by atoms with Gasteiger partial charge in [-0.3, -0.25) is 0 Å². The summed E-state index contributed by atoms with van der Waals surface area (Å²) < 4.78 is 5.61. The number of benzene rings is 1. The number of hydrogen-bond donors (Lipinski definition) is 0. The van der Waals surface area contributed by atoms with E-state index in [0.29, 0.717) is 24.5 Å². The van der Waals surface area contributed by atoms with Crippen molar-refractivity contribution in [1.29, 1.82) is 0 Å². The van der Waals surface area contributed by atoms with Crippen LogP contribution in [-0.2, 0) is 11.2 Å². The van der Waals surface area contributed by atoms with E-state index >= 15 is 0 Å². The Morgan fingerprint density at radius 2 is 1.50 bits per heavy atom. The van der Waals surface area contributed by atoms with E-state index in [-0.39, 0.29) is 6.61 Å². The Bertz CT molecular complexity index is 575. The summed E-state index contributed by atoms with van der Waals surface area (Å²) in [5, 5.41) is -4.62. The Kier molecular flexibility index (Phi) is 7.55. The van der Waals surface area contributed by atoms with Gasteiger partial charge in [-0.15, -0.1) is 0 Å². The van der Waals surface area contributed by atoms with Crippen LogP contribution in [0, 0.1) is 0 Å². The third-order valence-corrected chi connectivity index (χ3v) is 5.30. The molecule has 1 saturated heterocycles. The second-order valence-corrected chi connectivity index (χ2v) is 7.55. The van der Waals surface area contributed by atoms with Gasteiger partial charge in [0.15, 0.2) is 0 Å². The minimum absolute atomic E-state index is 0.266. The molecule has 26 heavy (non-hydrogen) atoms. The maximum absolute atomic E-state index is 6.27. The van der Waals surface area contributed by atoms with E-state index in [2.05, 4.69) is 0 Å². The molecule has 0 spiro atoms. The third-order valence-electron chi connectivity index (χ3n) is 5.05. The molecule has 1 aliphatic heterocycles. The number of nitrogens with zero attached hydrogens (tertiary/aromatic N) is 1. The van der Waals surface area contributed by atoms with Crippen LogP contribution in [0.15, 0.2) is 24.3 Å². The smallest absolute Gasteiger partial charge is 0.0980 e. The number of halogens is 1. The highest BCUT2D eigenvalue weighted by Crippen LogP contribution is 2.42. The van der Waals surface area contributed by atoms with Gasteiger partial charge in [0.25, 0.3) is 0 Å². The summed E-state index contributed by atoms with van der Waals surface area (Å²) in [5.41, 5.74) is 1.13. The molecule has 2 rings (SSSR count). The van der Waals surface area contributed by atoms with Crippen molar-refractivity contribution < 1.29 is 4.74 Å². The zero-order valence-corrected chi connectivity index (χ0v) is 15.9. The minimum atomic E-state index is -1.88. The molecule has 0 amide bonds. The molecule has 1 aromatic rings. The van der Waals surface area contributed by atoms with Crippen LogP contribution < -0.4 is 0 Å². The molecule has 1 fully saturated rings. The predicted octanol–water partition coefficient (Wildman–Crippen LogP) is 1.21. The lowest BCUT2D eigenvalue weighted by molar-refractivity contribution is 0.0349. The Morgan fingerprint density at radius 3 is 2.08 bits per heavy atom. The van der Waals surface area contributed by atoms with Gasteiger partial charge >= 0.3 is 0 Å². The number of aryl methyl sites for hydroxylation is 1. The SMILES string of the molecule is [B]C([B])(OCCCc1ccc(Cl)cc1)C([B])([B])C([B])([B])N1CCCCC1. The van der Waals surface area contributed by atoms with Gasteiger partial charge in [0, 0.05) is 11.6 Å². The minimum Gasteiger partial charge on any atom is -0.395 e. The third kappa shape index (κ3) is 5.00. The van der Waals surface area contributed by atoms with Crippen LogP contribution in [0.5, 0.6) is 0 Å². The van der Waals surface area contributed by atoms with E-state index in [1.165, 1.54) is 0 Å². The largest absolute Gasteiger partial charge is 0.395 e. The molecule has 0 aromatic heterocycles. The molecule has 12 radical (unpaired) electrons. The van der Waals surface area contributed by atoms with E-state index in [1.54, 1.807) is 0 Å². The van der Waals surface area contributed by atoms with E-state index in [9.17, 15) is 0 Å². The molecule has 2 nitrogen and oxygen atoms in total. The first-order chi connectivity index (χ1) is 12.1. The number of likely N-dealkylation sites (tertiary alicyclic amines) is 1. The quantitative estimate of drug-likeness (QED) is 0.514. The molecule has 0 unspecified atom stereocenters. The highest BCUT2D eigenvalue weighted by Gasteiger charge is 2.48. The van der Waals surface area contributed by atoms with Crippen molar-refractivity contribution in [2.45, 2.75) is 48.1 Å². The van der Waals surface area contributed by atoms with Gasteiger partial charge in [0.2, 0.25) is 0 Å². The fraction of sp³-hybridized carbons (Fsp3) is 0.647. The molecule has 0 aliphatic carbocycles. The second-order valence-electron chi connectivity index (χ2n) is 7.11. The lowest BCUT2D eigenvalue weighted by atomic mass is 9.23. The summed E-state index contributed by atoms with van der Waals surface area (Å²) in [7, 11) is 37.1. The first kappa shape index (κ1) is 22.1. The highest BCUT2D eigenvalue weighted by molar-refractivity contribution is 6.61. The maximum Gasteiger partial charge on any atom is 0.0980 e. The zero-order valence-electron chi connectivity index (χ0n) is 15.2. The van der Waals surface area contributed by atoms with Crippen LogP contribution in [-0.4, -0.2) is 82.4 Å². The van der Waals surface area contributed by atoms with Crippen molar-refractivity contribution in [3.8, 4) is 0 Å². The van der Waals surface area contributed by atoms with Crippen molar-refractivity contribution >= 4 is 58.7 Å². The molecule has 124 valence electrons. The topological polar surface area (TPSA) is 12.5 Å². The van der Waals surface area contributed by atoms with E-state index in [1.807, 2.05) is 29.2 Å². The number of piperidine rings is 1. The summed E-state index contributed by atoms with van der Waals surface area (Å²) in [6.45, 7) is 1.65. The van der Waals surface area contributed by atoms with Crippen LogP contribution >= 0.6 is 11.6 Å². The number of ether oxygens (including phenoxy) is 1. The molecule has 0 atom stereocenters. The zero-order chi connectivity index (χ0) is 19.4. The van der Waals surface area contributed by atoms with E-state index in [4.69, 9.17) is 63.4 Å². The van der Waals surface area contributed by atoms with Crippen molar-refractivity contribution in [3.63, 3.8) is 0 Å². The Morgan fingerprint density at radius 1 is 0.923 bits per heavy atom. The number of rotatable bonds is 8. The first-order valence-corrected chi connectivity index (χ1v) is 9.32. The lowest BCUT2D eigenvalue weighted by Crippen LogP contribution is -2.68. The summed E-state index contributed by atoms with van der Waals surface area (Å²) in [6, 6.07) is 7.60. The average molecular weight is 355 g/mol. The van der Waals surface area contributed by atoms with Crippen LogP contribution in [0.25, 0.3) is 0 Å². The van der Waals surface area contributed by atoms with Crippen LogP contribution in [0.2, 0.25) is 10.2 Å². The second kappa shape index (κ2) is 8.88. The molecule has 1 aromatic carbocycles. The Balaban J connectivity index is 1.92. The standard InChI is InChI=1S/C17H20B6ClNO/c18-15(19,16(20,21)25-10-2-1-3-11-25)17(22,23)26-12-4-5-13-6-8-14(24)9-7-13/h6-9H,1-5,10-12H2. The number of hydrogen-bond acceptors (Lipinski definition) is 2. The fourth-order valence-corrected chi connectivity index (χ4v) is 3.25. The summed E-state index contributed by atoms with van der Waals surface area (Å²) in [5.74, 6) is 0. The molecule has 1 heterocycles. The van der Waals surface area contributed by atoms with Crippen molar-refractivity contribution in [2.75, 3.05) is 19.7 Å². The average Bonchev–Trinajstić information content (AvgIpc) is 2.60. The maximum atomic E-state index is 6.27. The molecule has 0 bridgehead atoms. The molecular formula is C17H20B6ClNO. The predicted molar refractivity (Wildman–Crippen MR) is 114 cm³/mol. The first-order valence-electron chi connectivity index (χ1n) is 8.94. The molecular weight excluding hydrogens is 335 g/mol. The van der Waals surface area contributed by atoms with Gasteiger partial charge in [-0.2, -0.15) is 0 Å². The van der Waals surface area contributed by atoms with Gasteiger partial charge in [0.1, 0.15) is 0 Å². The summed E-state index contributed by atoms with van der Waals surface area (Å²) in [6.07, 6.45) is 4.51. The fourth-order valence-electron chi connectivity index (χ4n) is 3.13. The van der Waals surface area contributed by atoms with Crippen molar-refractivity contribution in [2.24, 2.45) is 0 Å².